The van der Waals surface area contributed by atoms with Crippen LogP contribution in [0.25, 0.3) is 10.9 Å². The molecule has 20 heavy (non-hydrogen) atoms. The molecule has 2 heterocycles. The lowest BCUT2D eigenvalue weighted by Gasteiger charge is -2.08. The summed E-state index contributed by atoms with van der Waals surface area (Å²) in [6, 6.07) is 9.70. The van der Waals surface area contributed by atoms with Crippen molar-refractivity contribution in [3.05, 3.63) is 42.2 Å². The minimum atomic E-state index is 0.202. The highest BCUT2D eigenvalue weighted by atomic mass is 32.1. The van der Waals surface area contributed by atoms with Crippen molar-refractivity contribution in [1.82, 2.24) is 19.7 Å². The average Bonchev–Trinajstić information content (AvgIpc) is 2.83. The number of hydrogen-bond acceptors (Lipinski definition) is 5. The molecule has 0 amide bonds. The van der Waals surface area contributed by atoms with Crippen molar-refractivity contribution in [1.29, 1.82) is 0 Å². The van der Waals surface area contributed by atoms with Gasteiger partial charge in [-0.05, 0) is 12.1 Å². The molecule has 1 aromatic carbocycles. The molecule has 0 bridgehead atoms. The van der Waals surface area contributed by atoms with Crippen LogP contribution in [0.1, 0.15) is 5.56 Å². The maximum atomic E-state index is 5.73. The second-order valence-electron chi connectivity index (χ2n) is 4.20. The number of ether oxygens (including phenoxy) is 1. The van der Waals surface area contributed by atoms with Crippen molar-refractivity contribution in [3.63, 3.8) is 0 Å². The minimum Gasteiger partial charge on any atom is -0.403 e. The smallest absolute Gasteiger partial charge is 0.342 e. The SMILES string of the molecule is Cn1cnc(Oc2nc3ccccc3cc2C(N)=S)n1. The van der Waals surface area contributed by atoms with Crippen LogP contribution in [0, 0.1) is 0 Å². The summed E-state index contributed by atoms with van der Waals surface area (Å²) in [6.07, 6.45) is 1.54. The topological polar surface area (TPSA) is 78.8 Å². The summed E-state index contributed by atoms with van der Waals surface area (Å²) >= 11 is 5.05. The zero-order valence-corrected chi connectivity index (χ0v) is 11.5. The van der Waals surface area contributed by atoms with E-state index in [9.17, 15) is 0 Å². The van der Waals surface area contributed by atoms with Crippen LogP contribution < -0.4 is 10.5 Å². The molecule has 2 N–H and O–H groups in total. The van der Waals surface area contributed by atoms with E-state index >= 15 is 0 Å². The van der Waals surface area contributed by atoms with Gasteiger partial charge in [-0.1, -0.05) is 30.4 Å². The number of nitrogens with zero attached hydrogens (tertiary/aromatic N) is 4. The Morgan fingerprint density at radius 1 is 1.35 bits per heavy atom. The Kier molecular flexibility index (Phi) is 3.03. The van der Waals surface area contributed by atoms with Crippen LogP contribution in [0.4, 0.5) is 0 Å². The van der Waals surface area contributed by atoms with Gasteiger partial charge in [0.05, 0.1) is 11.1 Å². The Morgan fingerprint density at radius 3 is 2.85 bits per heavy atom. The minimum absolute atomic E-state index is 0.202. The van der Waals surface area contributed by atoms with Crippen LogP contribution in [0.3, 0.4) is 0 Å². The van der Waals surface area contributed by atoms with E-state index < -0.39 is 0 Å². The fraction of sp³-hybridized carbons (Fsp3) is 0.0769. The molecule has 0 unspecified atom stereocenters. The van der Waals surface area contributed by atoms with Gasteiger partial charge in [0.2, 0.25) is 5.88 Å². The molecule has 0 saturated carbocycles. The van der Waals surface area contributed by atoms with E-state index in [2.05, 4.69) is 15.1 Å². The number of thiocarbonyl (C=S) groups is 1. The van der Waals surface area contributed by atoms with Crippen molar-refractivity contribution in [2.24, 2.45) is 12.8 Å². The Labute approximate surface area is 120 Å². The van der Waals surface area contributed by atoms with Crippen LogP contribution in [0.5, 0.6) is 11.9 Å². The number of nitrogens with two attached hydrogens (primary N) is 1. The van der Waals surface area contributed by atoms with E-state index in [0.29, 0.717) is 11.4 Å². The van der Waals surface area contributed by atoms with E-state index in [1.165, 1.54) is 11.0 Å². The average molecular weight is 285 g/mol. The summed E-state index contributed by atoms with van der Waals surface area (Å²) in [5, 5.41) is 4.99. The van der Waals surface area contributed by atoms with Crippen molar-refractivity contribution in [2.75, 3.05) is 0 Å². The molecule has 2 aromatic heterocycles. The molecular formula is C13H11N5OS. The molecule has 0 aliphatic heterocycles. The molecule has 0 radical (unpaired) electrons. The van der Waals surface area contributed by atoms with E-state index in [0.717, 1.165) is 10.9 Å². The van der Waals surface area contributed by atoms with Crippen molar-refractivity contribution in [3.8, 4) is 11.9 Å². The summed E-state index contributed by atoms with van der Waals surface area (Å²) in [6.45, 7) is 0. The predicted molar refractivity (Wildman–Crippen MR) is 78.7 cm³/mol. The van der Waals surface area contributed by atoms with Gasteiger partial charge in [0.1, 0.15) is 11.3 Å². The van der Waals surface area contributed by atoms with E-state index in [4.69, 9.17) is 22.7 Å². The van der Waals surface area contributed by atoms with Crippen molar-refractivity contribution < 1.29 is 4.74 Å². The highest BCUT2D eigenvalue weighted by Crippen LogP contribution is 2.25. The van der Waals surface area contributed by atoms with Crippen molar-refractivity contribution >= 4 is 28.1 Å². The molecule has 0 atom stereocenters. The lowest BCUT2D eigenvalue weighted by atomic mass is 10.1. The van der Waals surface area contributed by atoms with Crippen LogP contribution in [0.2, 0.25) is 0 Å². The normalized spacial score (nSPS) is 10.7. The molecule has 100 valence electrons. The number of para-hydroxylation sites is 1. The second kappa shape index (κ2) is 4.86. The van der Waals surface area contributed by atoms with Gasteiger partial charge in [-0.3, -0.25) is 4.68 Å². The second-order valence-corrected chi connectivity index (χ2v) is 4.64. The molecule has 6 nitrogen and oxygen atoms in total. The third-order valence-electron chi connectivity index (χ3n) is 2.72. The Morgan fingerprint density at radius 2 is 2.15 bits per heavy atom. The van der Waals surface area contributed by atoms with E-state index in [1.807, 2.05) is 30.3 Å². The molecular weight excluding hydrogens is 274 g/mol. The van der Waals surface area contributed by atoms with Gasteiger partial charge >= 0.3 is 6.01 Å². The monoisotopic (exact) mass is 285 g/mol. The summed E-state index contributed by atoms with van der Waals surface area (Å²) in [5.41, 5.74) is 7.08. The maximum absolute atomic E-state index is 5.73. The first-order chi connectivity index (χ1) is 9.63. The maximum Gasteiger partial charge on any atom is 0.342 e. The van der Waals surface area contributed by atoms with Gasteiger partial charge in [-0.15, -0.1) is 5.10 Å². The highest BCUT2D eigenvalue weighted by Gasteiger charge is 2.13. The zero-order chi connectivity index (χ0) is 14.1. The van der Waals surface area contributed by atoms with Gasteiger partial charge in [-0.25, -0.2) is 4.98 Å². The molecule has 7 heteroatoms. The number of fused-ring (bicyclic) bond motifs is 1. The summed E-state index contributed by atoms with van der Waals surface area (Å²) in [4.78, 5) is 8.64. The third-order valence-corrected chi connectivity index (χ3v) is 2.94. The Bertz CT molecular complexity index is 798. The number of aryl methyl sites for hydroxylation is 1. The van der Waals surface area contributed by atoms with Gasteiger partial charge in [0.25, 0.3) is 0 Å². The zero-order valence-electron chi connectivity index (χ0n) is 10.6. The molecule has 0 saturated heterocycles. The van der Waals surface area contributed by atoms with Crippen LogP contribution in [0.15, 0.2) is 36.7 Å². The largest absolute Gasteiger partial charge is 0.403 e. The molecule has 3 rings (SSSR count). The van der Waals surface area contributed by atoms with Crippen LogP contribution in [-0.2, 0) is 7.05 Å². The van der Waals surface area contributed by atoms with Gasteiger partial charge in [-0.2, -0.15) is 4.98 Å². The summed E-state index contributed by atoms with van der Waals surface area (Å²) < 4.78 is 7.12. The van der Waals surface area contributed by atoms with E-state index in [-0.39, 0.29) is 11.0 Å². The van der Waals surface area contributed by atoms with Gasteiger partial charge < -0.3 is 10.5 Å². The molecule has 0 fully saturated rings. The summed E-state index contributed by atoms with van der Waals surface area (Å²) in [7, 11) is 1.75. The lowest BCUT2D eigenvalue weighted by Crippen LogP contribution is -2.12. The summed E-state index contributed by atoms with van der Waals surface area (Å²) in [5.74, 6) is 0.308. The first-order valence-corrected chi connectivity index (χ1v) is 6.27. The highest BCUT2D eigenvalue weighted by molar-refractivity contribution is 7.80. The fourth-order valence-corrected chi connectivity index (χ4v) is 1.95. The molecule has 0 aliphatic carbocycles. The number of hydrogen-bond donors (Lipinski definition) is 1. The number of pyridine rings is 1. The Hall–Kier alpha value is -2.54. The fourth-order valence-electron chi connectivity index (χ4n) is 1.81. The first-order valence-electron chi connectivity index (χ1n) is 5.86. The van der Waals surface area contributed by atoms with Gasteiger partial charge in [0.15, 0.2) is 0 Å². The number of rotatable bonds is 3. The first kappa shape index (κ1) is 12.5. The quantitative estimate of drug-likeness (QED) is 0.739. The predicted octanol–water partition coefficient (Wildman–Crippen LogP) is 1.79. The molecule has 0 spiro atoms. The van der Waals surface area contributed by atoms with Crippen LogP contribution in [-0.4, -0.2) is 24.7 Å². The molecule has 3 aromatic rings. The molecule has 0 aliphatic rings. The van der Waals surface area contributed by atoms with E-state index in [1.54, 1.807) is 7.05 Å². The standard InChI is InChI=1S/C13H11N5OS/c1-18-7-15-13(17-18)19-12-9(11(14)20)6-8-4-2-3-5-10(8)16-12/h2-7H,1H3,(H2,14,20). The van der Waals surface area contributed by atoms with Gasteiger partial charge in [0, 0.05) is 12.4 Å². The number of aromatic nitrogens is 4. The third kappa shape index (κ3) is 2.30. The number of benzene rings is 1. The van der Waals surface area contributed by atoms with Crippen LogP contribution >= 0.6 is 12.2 Å². The lowest BCUT2D eigenvalue weighted by molar-refractivity contribution is 0.423. The van der Waals surface area contributed by atoms with Crippen molar-refractivity contribution in [2.45, 2.75) is 0 Å². The Balaban J connectivity index is 2.11.